The van der Waals surface area contributed by atoms with E-state index in [2.05, 4.69) is 0 Å². The summed E-state index contributed by atoms with van der Waals surface area (Å²) in [5.41, 5.74) is 2.66. The van der Waals surface area contributed by atoms with E-state index in [1.807, 2.05) is 49.4 Å². The molecule has 0 unspecified atom stereocenters. The van der Waals surface area contributed by atoms with Crippen LogP contribution in [0.1, 0.15) is 5.56 Å². The van der Waals surface area contributed by atoms with Crippen LogP contribution in [0.15, 0.2) is 42.5 Å². The average molecular weight is 225 g/mol. The first-order chi connectivity index (χ1) is 8.29. The maximum atomic E-state index is 11.3. The van der Waals surface area contributed by atoms with E-state index in [0.717, 1.165) is 23.3 Å². The summed E-state index contributed by atoms with van der Waals surface area (Å²) in [5.74, 6) is 1.41. The molecule has 1 aliphatic heterocycles. The summed E-state index contributed by atoms with van der Waals surface area (Å²) in [5, 5.41) is 0. The molecule has 3 rings (SSSR count). The van der Waals surface area contributed by atoms with Crippen LogP contribution in [0.25, 0.3) is 0 Å². The molecule has 0 radical (unpaired) electrons. The van der Waals surface area contributed by atoms with Crippen molar-refractivity contribution < 1.29 is 9.53 Å². The smallest absolute Gasteiger partial charge is 0.218 e. The maximum absolute atomic E-state index is 11.3. The van der Waals surface area contributed by atoms with Crippen molar-refractivity contribution in [1.29, 1.82) is 0 Å². The second-order valence-electron chi connectivity index (χ2n) is 4.02. The monoisotopic (exact) mass is 225 g/mol. The number of nitrogens with zero attached hydrogens (tertiary/aromatic N) is 1. The molecular formula is C14H11NO2. The van der Waals surface area contributed by atoms with Gasteiger partial charge in [-0.2, -0.15) is 0 Å². The van der Waals surface area contributed by atoms with Crippen LogP contribution in [0, 0.1) is 6.92 Å². The molecule has 0 spiro atoms. The molecular weight excluding hydrogens is 214 g/mol. The molecule has 3 heteroatoms. The normalized spacial score (nSPS) is 12.4. The van der Waals surface area contributed by atoms with Crippen LogP contribution in [-0.2, 0) is 4.79 Å². The highest BCUT2D eigenvalue weighted by atomic mass is 16.5. The molecule has 0 saturated carbocycles. The fourth-order valence-corrected chi connectivity index (χ4v) is 2.01. The Morgan fingerprint density at radius 1 is 1.06 bits per heavy atom. The summed E-state index contributed by atoms with van der Waals surface area (Å²) < 4.78 is 5.76. The first kappa shape index (κ1) is 9.90. The van der Waals surface area contributed by atoms with E-state index in [0.29, 0.717) is 11.5 Å². The fourth-order valence-electron chi connectivity index (χ4n) is 2.01. The Morgan fingerprint density at radius 2 is 1.82 bits per heavy atom. The number of anilines is 2. The first-order valence-corrected chi connectivity index (χ1v) is 5.41. The lowest BCUT2D eigenvalue weighted by Crippen LogP contribution is -2.19. The summed E-state index contributed by atoms with van der Waals surface area (Å²) in [4.78, 5) is 12.9. The third-order valence-corrected chi connectivity index (χ3v) is 2.82. The van der Waals surface area contributed by atoms with Gasteiger partial charge < -0.3 is 4.74 Å². The second kappa shape index (κ2) is 3.63. The van der Waals surface area contributed by atoms with Gasteiger partial charge in [0.2, 0.25) is 6.41 Å². The molecule has 2 aromatic rings. The lowest BCUT2D eigenvalue weighted by molar-refractivity contribution is -0.106. The number of rotatable bonds is 1. The van der Waals surface area contributed by atoms with E-state index in [1.54, 1.807) is 4.90 Å². The Morgan fingerprint density at radius 3 is 2.65 bits per heavy atom. The average Bonchev–Trinajstić information content (AvgIpc) is 2.36. The third-order valence-electron chi connectivity index (χ3n) is 2.82. The molecule has 2 aromatic carbocycles. The fraction of sp³-hybridized carbons (Fsp3) is 0.0714. The summed E-state index contributed by atoms with van der Waals surface area (Å²) in [6.45, 7) is 1.99. The van der Waals surface area contributed by atoms with Gasteiger partial charge in [-0.3, -0.25) is 9.69 Å². The number of fused-ring (bicyclic) bond motifs is 2. The molecule has 0 aliphatic carbocycles. The number of ether oxygens (including phenoxy) is 1. The molecule has 1 heterocycles. The molecule has 0 fully saturated rings. The van der Waals surface area contributed by atoms with Crippen LogP contribution in [0.2, 0.25) is 0 Å². The number of hydrogen-bond acceptors (Lipinski definition) is 2. The second-order valence-corrected chi connectivity index (χ2v) is 4.02. The largest absolute Gasteiger partial charge is 0.453 e. The molecule has 3 nitrogen and oxygen atoms in total. The van der Waals surface area contributed by atoms with Crippen molar-refractivity contribution in [1.82, 2.24) is 0 Å². The lowest BCUT2D eigenvalue weighted by Gasteiger charge is -2.28. The van der Waals surface area contributed by atoms with Crippen LogP contribution >= 0.6 is 0 Å². The van der Waals surface area contributed by atoms with Crippen LogP contribution in [0.3, 0.4) is 0 Å². The Hall–Kier alpha value is -2.29. The van der Waals surface area contributed by atoms with E-state index in [-0.39, 0.29) is 0 Å². The van der Waals surface area contributed by atoms with Crippen molar-refractivity contribution >= 4 is 17.8 Å². The molecule has 17 heavy (non-hydrogen) atoms. The quantitative estimate of drug-likeness (QED) is 0.696. The van der Waals surface area contributed by atoms with Gasteiger partial charge in [0, 0.05) is 0 Å². The Balaban J connectivity index is 2.22. The molecule has 1 aliphatic rings. The van der Waals surface area contributed by atoms with Crippen LogP contribution < -0.4 is 9.64 Å². The molecule has 0 saturated heterocycles. The van der Waals surface area contributed by atoms with Gasteiger partial charge in [0.05, 0.1) is 11.4 Å². The minimum atomic E-state index is 0.705. The van der Waals surface area contributed by atoms with Gasteiger partial charge in [0.25, 0.3) is 0 Å². The number of benzene rings is 2. The van der Waals surface area contributed by atoms with E-state index in [9.17, 15) is 4.79 Å². The molecule has 0 bridgehead atoms. The highest BCUT2D eigenvalue weighted by Gasteiger charge is 2.23. The zero-order valence-electron chi connectivity index (χ0n) is 9.38. The third kappa shape index (κ3) is 1.47. The van der Waals surface area contributed by atoms with Crippen molar-refractivity contribution in [2.24, 2.45) is 0 Å². The van der Waals surface area contributed by atoms with Crippen LogP contribution in [-0.4, -0.2) is 6.41 Å². The Labute approximate surface area is 99.2 Å². The van der Waals surface area contributed by atoms with Crippen molar-refractivity contribution in [2.75, 3.05) is 4.90 Å². The minimum absolute atomic E-state index is 0.705. The number of carbonyl (C=O) groups is 1. The Bertz CT molecular complexity index is 593. The van der Waals surface area contributed by atoms with Crippen LogP contribution in [0.4, 0.5) is 11.4 Å². The van der Waals surface area contributed by atoms with Gasteiger partial charge in [0.1, 0.15) is 0 Å². The van der Waals surface area contributed by atoms with Gasteiger partial charge >= 0.3 is 0 Å². The standard InChI is InChI=1S/C14H11NO2/c1-10-6-7-14-12(8-10)15(9-16)11-4-2-3-5-13(11)17-14/h2-9H,1H3. The summed E-state index contributed by atoms with van der Waals surface area (Å²) >= 11 is 0. The number of carbonyl (C=O) groups excluding carboxylic acids is 1. The van der Waals surface area contributed by atoms with Crippen LogP contribution in [0.5, 0.6) is 11.5 Å². The van der Waals surface area contributed by atoms with Gasteiger partial charge in [-0.15, -0.1) is 0 Å². The highest BCUT2D eigenvalue weighted by Crippen LogP contribution is 2.45. The van der Waals surface area contributed by atoms with E-state index < -0.39 is 0 Å². The van der Waals surface area contributed by atoms with Gasteiger partial charge in [-0.05, 0) is 36.8 Å². The van der Waals surface area contributed by atoms with Crippen molar-refractivity contribution in [3.63, 3.8) is 0 Å². The number of hydrogen-bond donors (Lipinski definition) is 0. The minimum Gasteiger partial charge on any atom is -0.453 e. The van der Waals surface area contributed by atoms with Gasteiger partial charge in [0.15, 0.2) is 11.5 Å². The van der Waals surface area contributed by atoms with Gasteiger partial charge in [-0.1, -0.05) is 18.2 Å². The molecule has 84 valence electrons. The van der Waals surface area contributed by atoms with E-state index in [1.165, 1.54) is 0 Å². The molecule has 0 N–H and O–H groups in total. The first-order valence-electron chi connectivity index (χ1n) is 5.41. The predicted octanol–water partition coefficient (Wildman–Crippen LogP) is 3.40. The van der Waals surface area contributed by atoms with Gasteiger partial charge in [-0.25, -0.2) is 0 Å². The maximum Gasteiger partial charge on any atom is 0.218 e. The van der Waals surface area contributed by atoms with Crippen molar-refractivity contribution in [2.45, 2.75) is 6.92 Å². The molecule has 1 amide bonds. The summed E-state index contributed by atoms with van der Waals surface area (Å²) in [6, 6.07) is 13.3. The zero-order chi connectivity index (χ0) is 11.8. The van der Waals surface area contributed by atoms with E-state index >= 15 is 0 Å². The lowest BCUT2D eigenvalue weighted by atomic mass is 10.1. The Kier molecular flexibility index (Phi) is 2.11. The number of amides is 1. The van der Waals surface area contributed by atoms with E-state index in [4.69, 9.17) is 4.74 Å². The highest BCUT2D eigenvalue weighted by molar-refractivity contribution is 5.93. The molecule has 0 atom stereocenters. The topological polar surface area (TPSA) is 29.5 Å². The van der Waals surface area contributed by atoms with Crippen molar-refractivity contribution in [3.8, 4) is 11.5 Å². The number of aryl methyl sites for hydroxylation is 1. The summed E-state index contributed by atoms with van der Waals surface area (Å²) in [6.07, 6.45) is 0.819. The van der Waals surface area contributed by atoms with Crippen molar-refractivity contribution in [3.05, 3.63) is 48.0 Å². The SMILES string of the molecule is Cc1ccc2c(c1)N(C=O)c1ccccc1O2. The molecule has 0 aromatic heterocycles. The zero-order valence-corrected chi connectivity index (χ0v) is 9.38. The number of para-hydroxylation sites is 2. The summed E-state index contributed by atoms with van der Waals surface area (Å²) in [7, 11) is 0. The predicted molar refractivity (Wildman–Crippen MR) is 65.9 cm³/mol.